The Labute approximate surface area is 94.1 Å². The summed E-state index contributed by atoms with van der Waals surface area (Å²) in [5.74, 6) is -0.710. The molecule has 2 amide bonds. The van der Waals surface area contributed by atoms with Gasteiger partial charge in [-0.3, -0.25) is 14.5 Å². The van der Waals surface area contributed by atoms with Crippen molar-refractivity contribution >= 4 is 11.8 Å². The van der Waals surface area contributed by atoms with E-state index in [0.717, 1.165) is 0 Å². The molecule has 1 saturated heterocycles. The van der Waals surface area contributed by atoms with Gasteiger partial charge in [0, 0.05) is 20.1 Å². The highest BCUT2D eigenvalue weighted by molar-refractivity contribution is 5.82. The molecule has 0 aliphatic carbocycles. The van der Waals surface area contributed by atoms with Crippen molar-refractivity contribution in [2.45, 2.75) is 12.1 Å². The summed E-state index contributed by atoms with van der Waals surface area (Å²) in [6.45, 7) is 1.68. The first-order chi connectivity index (χ1) is 7.56. The number of hydrogen-bond acceptors (Lipinski definition) is 5. The number of likely N-dealkylation sites (N-methyl/N-ethyl adjacent to an activating group) is 1. The van der Waals surface area contributed by atoms with Crippen LogP contribution in [0.3, 0.4) is 0 Å². The van der Waals surface area contributed by atoms with E-state index in [1.807, 2.05) is 4.90 Å². The Kier molecular flexibility index (Phi) is 4.66. The van der Waals surface area contributed by atoms with Crippen LogP contribution in [0.5, 0.6) is 0 Å². The monoisotopic (exact) mass is 230 g/mol. The second-order valence-corrected chi connectivity index (χ2v) is 3.71. The van der Waals surface area contributed by atoms with Crippen LogP contribution in [-0.4, -0.2) is 62.1 Å². The van der Waals surface area contributed by atoms with Gasteiger partial charge in [-0.1, -0.05) is 0 Å². The van der Waals surface area contributed by atoms with Gasteiger partial charge in [-0.2, -0.15) is 0 Å². The third-order valence-electron chi connectivity index (χ3n) is 2.59. The van der Waals surface area contributed by atoms with E-state index < -0.39 is 18.0 Å². The number of carbonyl (C=O) groups excluding carboxylic acids is 2. The number of nitrogens with zero attached hydrogens (tertiary/aromatic N) is 1. The molecule has 2 unspecified atom stereocenters. The van der Waals surface area contributed by atoms with Crippen LogP contribution in [0.1, 0.15) is 0 Å². The van der Waals surface area contributed by atoms with Gasteiger partial charge >= 0.3 is 0 Å². The van der Waals surface area contributed by atoms with Gasteiger partial charge in [0.1, 0.15) is 6.04 Å². The normalized spacial score (nSPS) is 23.8. The van der Waals surface area contributed by atoms with Crippen LogP contribution in [0, 0.1) is 0 Å². The highest BCUT2D eigenvalue weighted by atomic mass is 16.5. The second-order valence-electron chi connectivity index (χ2n) is 3.71. The lowest BCUT2D eigenvalue weighted by Crippen LogP contribution is -2.57. The predicted molar refractivity (Wildman–Crippen MR) is 57.4 cm³/mol. The smallest absolute Gasteiger partial charge is 0.239 e. The summed E-state index contributed by atoms with van der Waals surface area (Å²) in [5, 5.41) is 2.55. The molecule has 7 heteroatoms. The van der Waals surface area contributed by atoms with Gasteiger partial charge < -0.3 is 21.5 Å². The summed E-state index contributed by atoms with van der Waals surface area (Å²) in [7, 11) is 1.56. The van der Waals surface area contributed by atoms with Crippen molar-refractivity contribution in [3.63, 3.8) is 0 Å². The minimum Gasteiger partial charge on any atom is -0.378 e. The zero-order valence-electron chi connectivity index (χ0n) is 9.31. The molecule has 2 atom stereocenters. The van der Waals surface area contributed by atoms with E-state index in [4.69, 9.17) is 16.2 Å². The molecule has 1 rings (SSSR count). The van der Waals surface area contributed by atoms with Crippen molar-refractivity contribution in [1.82, 2.24) is 10.2 Å². The Balaban J connectivity index is 2.60. The van der Waals surface area contributed by atoms with Gasteiger partial charge in [0.15, 0.2) is 0 Å². The average molecular weight is 230 g/mol. The van der Waals surface area contributed by atoms with Crippen LogP contribution < -0.4 is 16.8 Å². The lowest BCUT2D eigenvalue weighted by Gasteiger charge is -2.35. The van der Waals surface area contributed by atoms with Crippen molar-refractivity contribution in [2.75, 3.05) is 33.4 Å². The van der Waals surface area contributed by atoms with Gasteiger partial charge in [0.2, 0.25) is 11.8 Å². The summed E-state index contributed by atoms with van der Waals surface area (Å²) < 4.78 is 5.22. The number of morpholine rings is 1. The van der Waals surface area contributed by atoms with E-state index in [1.165, 1.54) is 0 Å². The van der Waals surface area contributed by atoms with Gasteiger partial charge in [0.05, 0.1) is 19.3 Å². The average Bonchev–Trinajstić information content (AvgIpc) is 2.28. The number of amides is 2. The maximum absolute atomic E-state index is 11.5. The van der Waals surface area contributed by atoms with Crippen LogP contribution >= 0.6 is 0 Å². The number of carbonyl (C=O) groups is 2. The molecule has 5 N–H and O–H groups in total. The standard InChI is InChI=1S/C9H18N4O3/c1-12-9(15)7-5-16-3-2-13(7)4-6(10)8(11)14/h6-7H,2-5,10H2,1H3,(H2,11,14)(H,12,15). The minimum atomic E-state index is -0.759. The van der Waals surface area contributed by atoms with Crippen LogP contribution in [0.2, 0.25) is 0 Å². The lowest BCUT2D eigenvalue weighted by atomic mass is 10.1. The second kappa shape index (κ2) is 5.78. The molecule has 1 fully saturated rings. The van der Waals surface area contributed by atoms with Crippen molar-refractivity contribution in [3.05, 3.63) is 0 Å². The van der Waals surface area contributed by atoms with E-state index in [0.29, 0.717) is 19.8 Å². The summed E-state index contributed by atoms with van der Waals surface area (Å²) in [6.07, 6.45) is 0. The Morgan fingerprint density at radius 1 is 1.62 bits per heavy atom. The molecular formula is C9H18N4O3. The van der Waals surface area contributed by atoms with Crippen molar-refractivity contribution in [3.8, 4) is 0 Å². The minimum absolute atomic E-state index is 0.142. The first kappa shape index (κ1) is 12.9. The zero-order valence-corrected chi connectivity index (χ0v) is 9.31. The molecule has 0 spiro atoms. The molecule has 7 nitrogen and oxygen atoms in total. The fourth-order valence-electron chi connectivity index (χ4n) is 1.61. The zero-order chi connectivity index (χ0) is 12.1. The van der Waals surface area contributed by atoms with Gasteiger partial charge in [-0.25, -0.2) is 0 Å². The van der Waals surface area contributed by atoms with Crippen molar-refractivity contribution < 1.29 is 14.3 Å². The summed E-state index contributed by atoms with van der Waals surface area (Å²) >= 11 is 0. The van der Waals surface area contributed by atoms with E-state index in [2.05, 4.69) is 5.32 Å². The number of ether oxygens (including phenoxy) is 1. The number of nitrogens with two attached hydrogens (primary N) is 2. The van der Waals surface area contributed by atoms with Crippen molar-refractivity contribution in [1.29, 1.82) is 0 Å². The molecule has 0 saturated carbocycles. The van der Waals surface area contributed by atoms with Crippen LogP contribution in [0.25, 0.3) is 0 Å². The number of hydrogen-bond donors (Lipinski definition) is 3. The molecule has 1 aliphatic rings. The highest BCUT2D eigenvalue weighted by Crippen LogP contribution is 2.07. The first-order valence-corrected chi connectivity index (χ1v) is 5.14. The lowest BCUT2D eigenvalue weighted by molar-refractivity contribution is -0.133. The fourth-order valence-corrected chi connectivity index (χ4v) is 1.61. The van der Waals surface area contributed by atoms with Gasteiger partial charge in [0.25, 0.3) is 0 Å². The maximum Gasteiger partial charge on any atom is 0.239 e. The van der Waals surface area contributed by atoms with E-state index >= 15 is 0 Å². The third-order valence-corrected chi connectivity index (χ3v) is 2.59. The topological polar surface area (TPSA) is 111 Å². The van der Waals surface area contributed by atoms with Gasteiger partial charge in [-0.15, -0.1) is 0 Å². The number of nitrogens with one attached hydrogen (secondary N) is 1. The number of rotatable bonds is 4. The summed E-state index contributed by atoms with van der Waals surface area (Å²) in [4.78, 5) is 24.2. The fraction of sp³-hybridized carbons (Fsp3) is 0.778. The van der Waals surface area contributed by atoms with E-state index in [1.54, 1.807) is 7.05 Å². The van der Waals surface area contributed by atoms with E-state index in [9.17, 15) is 9.59 Å². The van der Waals surface area contributed by atoms with E-state index in [-0.39, 0.29) is 12.5 Å². The van der Waals surface area contributed by atoms with Crippen LogP contribution in [-0.2, 0) is 14.3 Å². The largest absolute Gasteiger partial charge is 0.378 e. The molecule has 0 bridgehead atoms. The molecule has 0 aromatic rings. The van der Waals surface area contributed by atoms with Crippen LogP contribution in [0.4, 0.5) is 0 Å². The third kappa shape index (κ3) is 3.16. The van der Waals surface area contributed by atoms with Crippen molar-refractivity contribution in [2.24, 2.45) is 11.5 Å². The van der Waals surface area contributed by atoms with Gasteiger partial charge in [-0.05, 0) is 0 Å². The molecule has 0 aromatic heterocycles. The number of primary amides is 1. The SMILES string of the molecule is CNC(=O)C1COCCN1CC(N)C(N)=O. The molecule has 1 aliphatic heterocycles. The Morgan fingerprint density at radius 3 is 2.88 bits per heavy atom. The Hall–Kier alpha value is -1.18. The highest BCUT2D eigenvalue weighted by Gasteiger charge is 2.30. The molecule has 0 radical (unpaired) electrons. The molecule has 0 aromatic carbocycles. The molecule has 92 valence electrons. The Morgan fingerprint density at radius 2 is 2.31 bits per heavy atom. The summed E-state index contributed by atoms with van der Waals surface area (Å²) in [6, 6.07) is -1.16. The predicted octanol–water partition coefficient (Wildman–Crippen LogP) is -2.75. The molecule has 1 heterocycles. The summed E-state index contributed by atoms with van der Waals surface area (Å²) in [5.41, 5.74) is 10.6. The Bertz CT molecular complexity index is 271. The maximum atomic E-state index is 11.5. The first-order valence-electron chi connectivity index (χ1n) is 5.14. The molecule has 16 heavy (non-hydrogen) atoms. The van der Waals surface area contributed by atoms with Crippen LogP contribution in [0.15, 0.2) is 0 Å². The quantitative estimate of drug-likeness (QED) is 0.485. The molecular weight excluding hydrogens is 212 g/mol.